The lowest BCUT2D eigenvalue weighted by atomic mass is 10.2. The van der Waals surface area contributed by atoms with E-state index < -0.39 is 30.6 Å². The van der Waals surface area contributed by atoms with Gasteiger partial charge in [-0.15, -0.1) is 0 Å². The number of hydrogen-bond donors (Lipinski definition) is 2. The predicted molar refractivity (Wildman–Crippen MR) is 48.6 cm³/mol. The summed E-state index contributed by atoms with van der Waals surface area (Å²) in [5, 5.41) is 17.4. The predicted octanol–water partition coefficient (Wildman–Crippen LogP) is 0.330. The number of aliphatic hydroxyl groups excluding tert-OH is 1. The van der Waals surface area contributed by atoms with E-state index in [0.29, 0.717) is 0 Å². The van der Waals surface area contributed by atoms with Gasteiger partial charge >= 0.3 is 11.9 Å². The van der Waals surface area contributed by atoms with Crippen LogP contribution in [0.1, 0.15) is 20.3 Å². The highest BCUT2D eigenvalue weighted by atomic mass is 16.6. The van der Waals surface area contributed by atoms with E-state index in [9.17, 15) is 9.59 Å². The summed E-state index contributed by atoms with van der Waals surface area (Å²) >= 11 is 0. The quantitative estimate of drug-likeness (QED) is 0.495. The van der Waals surface area contributed by atoms with E-state index in [4.69, 9.17) is 14.9 Å². The van der Waals surface area contributed by atoms with Crippen LogP contribution in [0.2, 0.25) is 0 Å². The Balaban J connectivity index is 4.08. The summed E-state index contributed by atoms with van der Waals surface area (Å²) in [5.41, 5.74) is -0.134. The van der Waals surface area contributed by atoms with Crippen LogP contribution < -0.4 is 0 Å². The number of esters is 1. The van der Waals surface area contributed by atoms with Gasteiger partial charge in [-0.25, -0.2) is 4.79 Å². The van der Waals surface area contributed by atoms with Gasteiger partial charge in [0.15, 0.2) is 0 Å². The lowest BCUT2D eigenvalue weighted by molar-refractivity contribution is -0.150. The summed E-state index contributed by atoms with van der Waals surface area (Å²) in [6.45, 7) is 6.25. The smallest absolute Gasteiger partial charge is 0.334 e. The molecule has 0 radical (unpaired) electrons. The standard InChI is InChI=1S/C9H14O5/c1-5(4-8(11)12)9(13)14-7(3)6(2)10/h6-7,10H,1,4H2,2-3H3,(H,11,12). The van der Waals surface area contributed by atoms with E-state index in [-0.39, 0.29) is 5.57 Å². The van der Waals surface area contributed by atoms with Gasteiger partial charge in [0.1, 0.15) is 6.10 Å². The first-order valence-corrected chi connectivity index (χ1v) is 4.13. The number of carbonyl (C=O) groups excluding carboxylic acids is 1. The molecule has 0 saturated heterocycles. The molecule has 0 aliphatic carbocycles. The molecule has 14 heavy (non-hydrogen) atoms. The van der Waals surface area contributed by atoms with Crippen LogP contribution in [0, 0.1) is 0 Å². The van der Waals surface area contributed by atoms with E-state index in [1.165, 1.54) is 13.8 Å². The van der Waals surface area contributed by atoms with Crippen LogP contribution in [0.4, 0.5) is 0 Å². The Morgan fingerprint density at radius 2 is 1.93 bits per heavy atom. The van der Waals surface area contributed by atoms with Crippen LogP contribution in [-0.4, -0.2) is 34.4 Å². The van der Waals surface area contributed by atoms with Crippen molar-refractivity contribution >= 4 is 11.9 Å². The third-order valence-corrected chi connectivity index (χ3v) is 1.63. The average molecular weight is 202 g/mol. The molecule has 2 unspecified atom stereocenters. The summed E-state index contributed by atoms with van der Waals surface area (Å²) in [7, 11) is 0. The maximum atomic E-state index is 11.1. The van der Waals surface area contributed by atoms with Crippen molar-refractivity contribution in [2.45, 2.75) is 32.5 Å². The van der Waals surface area contributed by atoms with Crippen molar-refractivity contribution in [3.05, 3.63) is 12.2 Å². The van der Waals surface area contributed by atoms with E-state index in [0.717, 1.165) is 0 Å². The molecule has 0 rings (SSSR count). The molecule has 0 aliphatic rings. The number of carbonyl (C=O) groups is 2. The molecule has 2 atom stereocenters. The van der Waals surface area contributed by atoms with Gasteiger partial charge in [-0.2, -0.15) is 0 Å². The van der Waals surface area contributed by atoms with Crippen LogP contribution in [0.25, 0.3) is 0 Å². The SMILES string of the molecule is C=C(CC(=O)O)C(=O)OC(C)C(C)O. The molecular weight excluding hydrogens is 188 g/mol. The van der Waals surface area contributed by atoms with Crippen LogP contribution in [0.3, 0.4) is 0 Å². The zero-order chi connectivity index (χ0) is 11.3. The molecule has 0 aromatic rings. The number of aliphatic carboxylic acids is 1. The first kappa shape index (κ1) is 12.6. The zero-order valence-electron chi connectivity index (χ0n) is 8.19. The molecule has 0 heterocycles. The third-order valence-electron chi connectivity index (χ3n) is 1.63. The molecule has 2 N–H and O–H groups in total. The van der Waals surface area contributed by atoms with Crippen LogP contribution in [0.15, 0.2) is 12.2 Å². The zero-order valence-corrected chi connectivity index (χ0v) is 8.19. The van der Waals surface area contributed by atoms with Crippen molar-refractivity contribution in [2.24, 2.45) is 0 Å². The Kier molecular flexibility index (Phi) is 4.86. The van der Waals surface area contributed by atoms with Gasteiger partial charge in [0.05, 0.1) is 12.5 Å². The maximum absolute atomic E-state index is 11.1. The second-order valence-corrected chi connectivity index (χ2v) is 3.03. The Morgan fingerprint density at radius 1 is 1.43 bits per heavy atom. The third kappa shape index (κ3) is 4.61. The van der Waals surface area contributed by atoms with Crippen LogP contribution >= 0.6 is 0 Å². The first-order valence-electron chi connectivity index (χ1n) is 4.13. The molecule has 0 fully saturated rings. The molecule has 0 bridgehead atoms. The van der Waals surface area contributed by atoms with E-state index in [1.807, 2.05) is 0 Å². The highest BCUT2D eigenvalue weighted by Gasteiger charge is 2.18. The topological polar surface area (TPSA) is 83.8 Å². The van der Waals surface area contributed by atoms with E-state index in [1.54, 1.807) is 0 Å². The second-order valence-electron chi connectivity index (χ2n) is 3.03. The molecular formula is C9H14O5. The molecule has 0 saturated carbocycles. The van der Waals surface area contributed by atoms with Gasteiger partial charge in [-0.3, -0.25) is 4.79 Å². The minimum Gasteiger partial charge on any atom is -0.481 e. The normalized spacial score (nSPS) is 14.2. The van der Waals surface area contributed by atoms with Gasteiger partial charge in [-0.1, -0.05) is 6.58 Å². The number of rotatable bonds is 5. The number of ether oxygens (including phenoxy) is 1. The fourth-order valence-electron chi connectivity index (χ4n) is 0.605. The van der Waals surface area contributed by atoms with Crippen molar-refractivity contribution in [1.82, 2.24) is 0 Å². The lowest BCUT2D eigenvalue weighted by Gasteiger charge is -2.15. The fourth-order valence-corrected chi connectivity index (χ4v) is 0.605. The Labute approximate surface area is 82.0 Å². The number of carboxylic acid groups (broad SMARTS) is 1. The summed E-state index contributed by atoms with van der Waals surface area (Å²) in [6, 6.07) is 0. The Morgan fingerprint density at radius 3 is 2.29 bits per heavy atom. The van der Waals surface area contributed by atoms with E-state index in [2.05, 4.69) is 6.58 Å². The highest BCUT2D eigenvalue weighted by Crippen LogP contribution is 2.05. The summed E-state index contributed by atoms with van der Waals surface area (Å²) < 4.78 is 4.72. The number of carboxylic acids is 1. The Bertz CT molecular complexity index is 244. The van der Waals surface area contributed by atoms with Crippen LogP contribution in [-0.2, 0) is 14.3 Å². The fraction of sp³-hybridized carbons (Fsp3) is 0.556. The van der Waals surface area contributed by atoms with Gasteiger partial charge < -0.3 is 14.9 Å². The van der Waals surface area contributed by atoms with Crippen LogP contribution in [0.5, 0.6) is 0 Å². The molecule has 0 amide bonds. The first-order chi connectivity index (χ1) is 6.34. The lowest BCUT2D eigenvalue weighted by Crippen LogP contribution is -2.26. The number of hydrogen-bond acceptors (Lipinski definition) is 4. The monoisotopic (exact) mass is 202 g/mol. The molecule has 5 heteroatoms. The molecule has 0 aromatic carbocycles. The highest BCUT2D eigenvalue weighted by molar-refractivity contribution is 5.92. The molecule has 0 aliphatic heterocycles. The number of aliphatic hydroxyl groups is 1. The molecule has 0 aromatic heterocycles. The molecule has 80 valence electrons. The van der Waals surface area contributed by atoms with Crippen molar-refractivity contribution in [3.63, 3.8) is 0 Å². The van der Waals surface area contributed by atoms with Gasteiger partial charge in [0.2, 0.25) is 0 Å². The Hall–Kier alpha value is -1.36. The summed E-state index contributed by atoms with van der Waals surface area (Å²) in [5.74, 6) is -1.93. The minimum absolute atomic E-state index is 0.134. The molecule has 0 spiro atoms. The van der Waals surface area contributed by atoms with Crippen molar-refractivity contribution in [1.29, 1.82) is 0 Å². The van der Waals surface area contributed by atoms with Gasteiger partial charge in [0, 0.05) is 5.57 Å². The van der Waals surface area contributed by atoms with E-state index >= 15 is 0 Å². The molecule has 5 nitrogen and oxygen atoms in total. The van der Waals surface area contributed by atoms with Gasteiger partial charge in [0.25, 0.3) is 0 Å². The second kappa shape index (κ2) is 5.39. The van der Waals surface area contributed by atoms with Crippen molar-refractivity contribution in [3.8, 4) is 0 Å². The summed E-state index contributed by atoms with van der Waals surface area (Å²) in [6.07, 6.45) is -1.92. The van der Waals surface area contributed by atoms with Crippen molar-refractivity contribution in [2.75, 3.05) is 0 Å². The average Bonchev–Trinajstić information content (AvgIpc) is 2.02. The largest absolute Gasteiger partial charge is 0.481 e. The summed E-state index contributed by atoms with van der Waals surface area (Å²) in [4.78, 5) is 21.3. The minimum atomic E-state index is -1.14. The van der Waals surface area contributed by atoms with Gasteiger partial charge in [-0.05, 0) is 13.8 Å². The van der Waals surface area contributed by atoms with Crippen molar-refractivity contribution < 1.29 is 24.5 Å². The maximum Gasteiger partial charge on any atom is 0.334 e.